The highest BCUT2D eigenvalue weighted by Gasteiger charge is 2.24. The molecule has 0 bridgehead atoms. The molecule has 0 aromatic carbocycles. The van der Waals surface area contributed by atoms with E-state index in [4.69, 9.17) is 4.74 Å². The summed E-state index contributed by atoms with van der Waals surface area (Å²) < 4.78 is 7.13. The normalized spacial score (nSPS) is 14.5. The third-order valence-electron chi connectivity index (χ3n) is 4.23. The van der Waals surface area contributed by atoms with Crippen molar-refractivity contribution < 1.29 is 35.9 Å². The molecule has 2 rings (SSSR count). The molecule has 1 aliphatic heterocycles. The second-order valence-electron chi connectivity index (χ2n) is 6.10. The van der Waals surface area contributed by atoms with E-state index in [0.29, 0.717) is 26.1 Å². The van der Waals surface area contributed by atoms with Gasteiger partial charge in [0.25, 0.3) is 0 Å². The number of hydrogen-bond donors (Lipinski definition) is 1. The number of nitrogens with one attached hydrogen (secondary N) is 1. The molecule has 1 aliphatic rings. The summed E-state index contributed by atoms with van der Waals surface area (Å²) in [5, 5.41) is 3.08. The van der Waals surface area contributed by atoms with Gasteiger partial charge in [-0.3, -0.25) is 4.79 Å². The van der Waals surface area contributed by atoms with E-state index >= 15 is 0 Å². The van der Waals surface area contributed by atoms with Crippen molar-refractivity contribution in [3.63, 3.8) is 0 Å². The Morgan fingerprint density at radius 2 is 1.84 bits per heavy atom. The van der Waals surface area contributed by atoms with E-state index < -0.39 is 0 Å². The minimum Gasteiger partial charge on any atom is -1.00 e. The molecule has 0 unspecified atom stereocenters. The maximum atomic E-state index is 12.0. The number of piperidine rings is 1. The zero-order chi connectivity index (χ0) is 17.2. The van der Waals surface area contributed by atoms with Gasteiger partial charge in [-0.25, -0.2) is 9.36 Å². The van der Waals surface area contributed by atoms with Crippen LogP contribution in [0.4, 0.5) is 4.79 Å². The van der Waals surface area contributed by atoms with Gasteiger partial charge in [0.05, 0.1) is 6.61 Å². The number of carbonyl (C=O) groups excluding carboxylic acids is 2. The van der Waals surface area contributed by atoms with Crippen molar-refractivity contribution in [1.29, 1.82) is 0 Å². The number of pyridine rings is 1. The number of unbranched alkanes of at least 4 members (excludes halogenated alkanes) is 1. The van der Waals surface area contributed by atoms with E-state index in [0.717, 1.165) is 32.2 Å². The monoisotopic (exact) mass is 413 g/mol. The lowest BCUT2D eigenvalue weighted by Gasteiger charge is -2.31. The molecule has 1 N–H and O–H groups in total. The smallest absolute Gasteiger partial charge is 0.409 e. The van der Waals surface area contributed by atoms with Crippen molar-refractivity contribution >= 4 is 12.0 Å². The first-order valence-corrected chi connectivity index (χ1v) is 8.84. The zero-order valence-electron chi connectivity index (χ0n) is 14.8. The third kappa shape index (κ3) is 7.86. The summed E-state index contributed by atoms with van der Waals surface area (Å²) in [4.78, 5) is 25.4. The minimum absolute atomic E-state index is 0. The Hall–Kier alpha value is -1.63. The molecule has 0 aliphatic carbocycles. The van der Waals surface area contributed by atoms with Crippen molar-refractivity contribution in [3.05, 3.63) is 30.6 Å². The fourth-order valence-corrected chi connectivity index (χ4v) is 2.88. The summed E-state index contributed by atoms with van der Waals surface area (Å²) in [6.07, 6.45) is 7.86. The van der Waals surface area contributed by atoms with Gasteiger partial charge < -0.3 is 31.9 Å². The lowest BCUT2D eigenvalue weighted by Crippen LogP contribution is -3.00. The molecule has 2 heterocycles. The first-order chi connectivity index (χ1) is 11.7. The van der Waals surface area contributed by atoms with Gasteiger partial charge in [-0.2, -0.15) is 0 Å². The second-order valence-corrected chi connectivity index (χ2v) is 6.10. The Kier molecular flexibility index (Phi) is 10.1. The molecule has 0 saturated carbocycles. The largest absolute Gasteiger partial charge is 1.00 e. The molecular formula is C18H28BrN3O3. The van der Waals surface area contributed by atoms with Crippen molar-refractivity contribution in [1.82, 2.24) is 10.2 Å². The Bertz CT molecular complexity index is 520. The van der Waals surface area contributed by atoms with Gasteiger partial charge in [0.15, 0.2) is 12.4 Å². The Morgan fingerprint density at radius 1 is 1.16 bits per heavy atom. The quantitative estimate of drug-likeness (QED) is 0.455. The van der Waals surface area contributed by atoms with Crippen molar-refractivity contribution in [3.8, 4) is 0 Å². The molecule has 6 nitrogen and oxygen atoms in total. The van der Waals surface area contributed by atoms with Crippen LogP contribution in [0.5, 0.6) is 0 Å². The van der Waals surface area contributed by atoms with E-state index in [1.807, 2.05) is 30.6 Å². The Labute approximate surface area is 160 Å². The van der Waals surface area contributed by atoms with Crippen LogP contribution in [-0.4, -0.2) is 42.6 Å². The number of hydrogen-bond acceptors (Lipinski definition) is 3. The number of halogens is 1. The van der Waals surface area contributed by atoms with Crippen LogP contribution in [0, 0.1) is 0 Å². The van der Waals surface area contributed by atoms with Crippen molar-refractivity contribution in [2.75, 3.05) is 19.7 Å². The molecule has 1 fully saturated rings. The molecule has 140 valence electrons. The van der Waals surface area contributed by atoms with E-state index in [2.05, 4.69) is 9.88 Å². The standard InChI is InChI=1S/C18H27N3O3.BrH/c1-2-24-18(23)21-14-9-16(10-15-21)19-17(22)8-4-7-13-20-11-5-3-6-12-20;/h3,5-6,11-12,16H,2,4,7-10,13-15H2,1H3;1H. The van der Waals surface area contributed by atoms with Crippen LogP contribution in [0.2, 0.25) is 0 Å². The average Bonchev–Trinajstić information content (AvgIpc) is 2.60. The molecule has 1 aromatic rings. The highest BCUT2D eigenvalue weighted by molar-refractivity contribution is 5.76. The predicted molar refractivity (Wildman–Crippen MR) is 90.2 cm³/mol. The molecule has 7 heteroatoms. The summed E-state index contributed by atoms with van der Waals surface area (Å²) in [6.45, 7) is 4.44. The predicted octanol–water partition coefficient (Wildman–Crippen LogP) is -1.11. The first-order valence-electron chi connectivity index (χ1n) is 8.84. The van der Waals surface area contributed by atoms with Crippen LogP contribution >= 0.6 is 0 Å². The van der Waals surface area contributed by atoms with E-state index in [1.54, 1.807) is 11.8 Å². The van der Waals surface area contributed by atoms with Gasteiger partial charge in [0.2, 0.25) is 5.91 Å². The van der Waals surface area contributed by atoms with Crippen LogP contribution < -0.4 is 26.9 Å². The van der Waals surface area contributed by atoms with Crippen molar-refractivity contribution in [2.24, 2.45) is 0 Å². The number of aryl methyl sites for hydroxylation is 1. The Morgan fingerprint density at radius 3 is 2.48 bits per heavy atom. The van der Waals surface area contributed by atoms with E-state index in [1.165, 1.54) is 0 Å². The topological polar surface area (TPSA) is 62.5 Å². The summed E-state index contributed by atoms with van der Waals surface area (Å²) in [5.41, 5.74) is 0. The summed E-state index contributed by atoms with van der Waals surface area (Å²) in [7, 11) is 0. The van der Waals surface area contributed by atoms with Crippen LogP contribution in [-0.2, 0) is 16.1 Å². The van der Waals surface area contributed by atoms with Gasteiger partial charge in [0.1, 0.15) is 6.54 Å². The fraction of sp³-hybridized carbons (Fsp3) is 0.611. The lowest BCUT2D eigenvalue weighted by molar-refractivity contribution is -0.697. The Balaban J connectivity index is 0.00000312. The van der Waals surface area contributed by atoms with Crippen LogP contribution in [0.15, 0.2) is 30.6 Å². The van der Waals surface area contributed by atoms with Crippen LogP contribution in [0.3, 0.4) is 0 Å². The lowest BCUT2D eigenvalue weighted by atomic mass is 10.0. The number of likely N-dealkylation sites (tertiary alicyclic amines) is 1. The van der Waals surface area contributed by atoms with E-state index in [-0.39, 0.29) is 35.0 Å². The molecule has 1 saturated heterocycles. The SMILES string of the molecule is CCOC(=O)N1CCC(NC(=O)CCCC[n+]2ccccc2)CC1.[Br-]. The molecule has 0 spiro atoms. The summed E-state index contributed by atoms with van der Waals surface area (Å²) in [6, 6.07) is 6.19. The molecule has 0 radical (unpaired) electrons. The van der Waals surface area contributed by atoms with Gasteiger partial charge in [-0.05, 0) is 26.2 Å². The van der Waals surface area contributed by atoms with Crippen LogP contribution in [0.25, 0.3) is 0 Å². The summed E-state index contributed by atoms with van der Waals surface area (Å²) >= 11 is 0. The minimum atomic E-state index is -0.249. The highest BCUT2D eigenvalue weighted by atomic mass is 79.9. The first kappa shape index (κ1) is 21.4. The van der Waals surface area contributed by atoms with Crippen LogP contribution in [0.1, 0.15) is 39.0 Å². The van der Waals surface area contributed by atoms with Gasteiger partial charge in [0, 0.05) is 44.1 Å². The number of aromatic nitrogens is 1. The number of amides is 2. The second kappa shape index (κ2) is 11.8. The molecule has 0 atom stereocenters. The summed E-state index contributed by atoms with van der Waals surface area (Å²) in [5.74, 6) is 0.114. The molecule has 1 aromatic heterocycles. The molecule has 25 heavy (non-hydrogen) atoms. The third-order valence-corrected chi connectivity index (χ3v) is 4.23. The zero-order valence-corrected chi connectivity index (χ0v) is 16.4. The number of rotatable bonds is 7. The maximum Gasteiger partial charge on any atom is 0.409 e. The van der Waals surface area contributed by atoms with Gasteiger partial charge in [-0.15, -0.1) is 0 Å². The number of ether oxygens (including phenoxy) is 1. The maximum absolute atomic E-state index is 12.0. The molecular weight excluding hydrogens is 386 g/mol. The van der Waals surface area contributed by atoms with Gasteiger partial charge >= 0.3 is 6.09 Å². The number of nitrogens with zero attached hydrogens (tertiary/aromatic N) is 2. The fourth-order valence-electron chi connectivity index (χ4n) is 2.88. The average molecular weight is 414 g/mol. The van der Waals surface area contributed by atoms with Crippen molar-refractivity contribution in [2.45, 2.75) is 51.6 Å². The van der Waals surface area contributed by atoms with Gasteiger partial charge in [-0.1, -0.05) is 6.07 Å². The van der Waals surface area contributed by atoms with E-state index in [9.17, 15) is 9.59 Å². The highest BCUT2D eigenvalue weighted by Crippen LogP contribution is 2.12. The number of carbonyl (C=O) groups is 2. The molecule has 2 amide bonds.